The van der Waals surface area contributed by atoms with E-state index >= 15 is 0 Å². The van der Waals surface area contributed by atoms with Gasteiger partial charge in [-0.25, -0.2) is 0 Å². The number of alkyl halides is 1. The summed E-state index contributed by atoms with van der Waals surface area (Å²) < 4.78 is 0. The molecule has 1 saturated heterocycles. The van der Waals surface area contributed by atoms with Crippen LogP contribution in [-0.4, -0.2) is 27.8 Å². The standard InChI is InChI=1S/C10H15BrN2S/c1-2-8-4-13(6-10(8)11)5-9-3-12-7-14-9/h3,7-8,10H,2,4-6H2,1H3. The lowest BCUT2D eigenvalue weighted by Crippen LogP contribution is -2.19. The summed E-state index contributed by atoms with van der Waals surface area (Å²) in [6, 6.07) is 0. The Morgan fingerprint density at radius 3 is 3.07 bits per heavy atom. The first-order valence-electron chi connectivity index (χ1n) is 5.03. The molecule has 0 N–H and O–H groups in total. The van der Waals surface area contributed by atoms with E-state index < -0.39 is 0 Å². The molecule has 0 spiro atoms. The van der Waals surface area contributed by atoms with Crippen molar-refractivity contribution in [2.24, 2.45) is 5.92 Å². The SMILES string of the molecule is CCC1CN(Cc2cncs2)CC1Br. The van der Waals surface area contributed by atoms with Crippen molar-refractivity contribution >= 4 is 27.3 Å². The van der Waals surface area contributed by atoms with E-state index in [1.54, 1.807) is 11.3 Å². The van der Waals surface area contributed by atoms with Crippen molar-refractivity contribution in [3.8, 4) is 0 Å². The van der Waals surface area contributed by atoms with Crippen LogP contribution in [-0.2, 0) is 6.54 Å². The lowest BCUT2D eigenvalue weighted by atomic mass is 10.1. The molecule has 1 aliphatic rings. The van der Waals surface area contributed by atoms with E-state index in [1.807, 2.05) is 11.7 Å². The van der Waals surface area contributed by atoms with Gasteiger partial charge in [-0.1, -0.05) is 29.3 Å². The van der Waals surface area contributed by atoms with Crippen LogP contribution < -0.4 is 0 Å². The van der Waals surface area contributed by atoms with E-state index in [-0.39, 0.29) is 0 Å². The van der Waals surface area contributed by atoms with Crippen molar-refractivity contribution in [3.05, 3.63) is 16.6 Å². The van der Waals surface area contributed by atoms with Gasteiger partial charge in [0, 0.05) is 35.5 Å². The van der Waals surface area contributed by atoms with Gasteiger partial charge in [0.1, 0.15) is 0 Å². The topological polar surface area (TPSA) is 16.1 Å². The number of hydrogen-bond donors (Lipinski definition) is 0. The van der Waals surface area contributed by atoms with E-state index in [4.69, 9.17) is 0 Å². The Hall–Kier alpha value is 0.0700. The molecule has 2 heterocycles. The van der Waals surface area contributed by atoms with Crippen LogP contribution in [0, 0.1) is 5.92 Å². The molecule has 0 aliphatic carbocycles. The van der Waals surface area contributed by atoms with Crippen molar-refractivity contribution in [1.29, 1.82) is 0 Å². The third-order valence-electron chi connectivity index (χ3n) is 2.82. The zero-order valence-electron chi connectivity index (χ0n) is 8.32. The monoisotopic (exact) mass is 274 g/mol. The molecule has 14 heavy (non-hydrogen) atoms. The Labute approximate surface area is 97.5 Å². The smallest absolute Gasteiger partial charge is 0.0794 e. The molecule has 0 amide bonds. The van der Waals surface area contributed by atoms with Gasteiger partial charge in [0.25, 0.3) is 0 Å². The summed E-state index contributed by atoms with van der Waals surface area (Å²) >= 11 is 5.51. The summed E-state index contributed by atoms with van der Waals surface area (Å²) in [5, 5.41) is 0. The highest BCUT2D eigenvalue weighted by molar-refractivity contribution is 9.09. The van der Waals surface area contributed by atoms with Crippen LogP contribution in [0.4, 0.5) is 0 Å². The number of nitrogens with zero attached hydrogens (tertiary/aromatic N) is 2. The zero-order valence-corrected chi connectivity index (χ0v) is 10.7. The Morgan fingerprint density at radius 2 is 2.50 bits per heavy atom. The van der Waals surface area contributed by atoms with Crippen LogP contribution in [0.25, 0.3) is 0 Å². The number of likely N-dealkylation sites (tertiary alicyclic amines) is 1. The Bertz CT molecular complexity index is 276. The normalized spacial score (nSPS) is 28.4. The van der Waals surface area contributed by atoms with Crippen LogP contribution in [0.15, 0.2) is 11.7 Å². The summed E-state index contributed by atoms with van der Waals surface area (Å²) in [5.74, 6) is 0.822. The van der Waals surface area contributed by atoms with Crippen LogP contribution in [0.2, 0.25) is 0 Å². The highest BCUT2D eigenvalue weighted by atomic mass is 79.9. The van der Waals surface area contributed by atoms with E-state index in [0.717, 1.165) is 12.5 Å². The van der Waals surface area contributed by atoms with Gasteiger partial charge in [0.2, 0.25) is 0 Å². The molecule has 2 rings (SSSR count). The van der Waals surface area contributed by atoms with Crippen molar-refractivity contribution in [1.82, 2.24) is 9.88 Å². The number of thiazole rings is 1. The predicted octanol–water partition coefficient (Wildman–Crippen LogP) is 2.75. The fourth-order valence-corrected chi connectivity index (χ4v) is 3.56. The van der Waals surface area contributed by atoms with Gasteiger partial charge in [0.05, 0.1) is 5.51 Å². The summed E-state index contributed by atoms with van der Waals surface area (Å²) in [7, 11) is 0. The number of aromatic nitrogens is 1. The Morgan fingerprint density at radius 1 is 1.64 bits per heavy atom. The van der Waals surface area contributed by atoms with Crippen LogP contribution in [0.3, 0.4) is 0 Å². The van der Waals surface area contributed by atoms with Crippen LogP contribution in [0.5, 0.6) is 0 Å². The first-order chi connectivity index (χ1) is 6.79. The molecule has 2 unspecified atom stereocenters. The molecule has 1 aromatic rings. The molecular formula is C10H15BrN2S. The highest BCUT2D eigenvalue weighted by Gasteiger charge is 2.29. The van der Waals surface area contributed by atoms with E-state index in [1.165, 1.54) is 24.4 Å². The second kappa shape index (κ2) is 4.73. The number of halogens is 1. The van der Waals surface area contributed by atoms with Gasteiger partial charge < -0.3 is 0 Å². The lowest BCUT2D eigenvalue weighted by Gasteiger charge is -2.13. The van der Waals surface area contributed by atoms with Crippen molar-refractivity contribution < 1.29 is 0 Å². The number of hydrogen-bond acceptors (Lipinski definition) is 3. The second-order valence-electron chi connectivity index (χ2n) is 3.85. The summed E-state index contributed by atoms with van der Waals surface area (Å²) in [5.41, 5.74) is 1.91. The summed E-state index contributed by atoms with van der Waals surface area (Å²) in [6.45, 7) is 5.75. The summed E-state index contributed by atoms with van der Waals surface area (Å²) in [4.78, 5) is 8.67. The molecule has 1 aliphatic heterocycles. The van der Waals surface area contributed by atoms with Crippen LogP contribution in [0.1, 0.15) is 18.2 Å². The third kappa shape index (κ3) is 2.35. The van der Waals surface area contributed by atoms with Gasteiger partial charge in [-0.3, -0.25) is 9.88 Å². The van der Waals surface area contributed by atoms with Gasteiger partial charge in [0.15, 0.2) is 0 Å². The average Bonchev–Trinajstić information content (AvgIpc) is 2.76. The predicted molar refractivity (Wildman–Crippen MR) is 63.9 cm³/mol. The molecule has 1 aromatic heterocycles. The van der Waals surface area contributed by atoms with E-state index in [2.05, 4.69) is 32.7 Å². The van der Waals surface area contributed by atoms with E-state index in [9.17, 15) is 0 Å². The zero-order chi connectivity index (χ0) is 9.97. The minimum atomic E-state index is 0.681. The molecular weight excluding hydrogens is 260 g/mol. The molecule has 4 heteroatoms. The largest absolute Gasteiger partial charge is 0.297 e. The average molecular weight is 275 g/mol. The molecule has 78 valence electrons. The van der Waals surface area contributed by atoms with Gasteiger partial charge in [-0.15, -0.1) is 11.3 Å². The maximum Gasteiger partial charge on any atom is 0.0794 e. The minimum absolute atomic E-state index is 0.681. The summed E-state index contributed by atoms with van der Waals surface area (Å²) in [6.07, 6.45) is 3.25. The minimum Gasteiger partial charge on any atom is -0.297 e. The van der Waals surface area contributed by atoms with Crippen molar-refractivity contribution in [2.45, 2.75) is 24.7 Å². The van der Waals surface area contributed by atoms with Crippen molar-refractivity contribution in [3.63, 3.8) is 0 Å². The Balaban J connectivity index is 1.89. The lowest BCUT2D eigenvalue weighted by molar-refractivity contribution is 0.318. The molecule has 1 fully saturated rings. The van der Waals surface area contributed by atoms with Gasteiger partial charge in [-0.05, 0) is 5.92 Å². The van der Waals surface area contributed by atoms with Crippen molar-refractivity contribution in [2.75, 3.05) is 13.1 Å². The molecule has 2 atom stereocenters. The second-order valence-corrected chi connectivity index (χ2v) is 5.99. The van der Waals surface area contributed by atoms with Gasteiger partial charge >= 0.3 is 0 Å². The molecule has 0 saturated carbocycles. The molecule has 0 radical (unpaired) electrons. The first-order valence-corrected chi connectivity index (χ1v) is 6.83. The quantitative estimate of drug-likeness (QED) is 0.788. The third-order valence-corrected chi connectivity index (χ3v) is 4.63. The van der Waals surface area contributed by atoms with Crippen LogP contribution >= 0.6 is 27.3 Å². The Kier molecular flexibility index (Phi) is 3.57. The molecule has 0 aromatic carbocycles. The fraction of sp³-hybridized carbons (Fsp3) is 0.700. The maximum atomic E-state index is 4.10. The van der Waals surface area contributed by atoms with E-state index in [0.29, 0.717) is 4.83 Å². The molecule has 2 nitrogen and oxygen atoms in total. The first kappa shape index (κ1) is 10.6. The highest BCUT2D eigenvalue weighted by Crippen LogP contribution is 2.27. The fourth-order valence-electron chi connectivity index (χ4n) is 1.97. The number of rotatable bonds is 3. The molecule has 0 bridgehead atoms. The maximum absolute atomic E-state index is 4.10. The van der Waals surface area contributed by atoms with Gasteiger partial charge in [-0.2, -0.15) is 0 Å².